The number of hydrogen-bond donors (Lipinski definition) is 1. The zero-order chi connectivity index (χ0) is 17.9. The lowest BCUT2D eigenvalue weighted by molar-refractivity contribution is -0.126. The van der Waals surface area contributed by atoms with E-state index in [1.807, 2.05) is 35.8 Å². The van der Waals surface area contributed by atoms with Crippen molar-refractivity contribution in [3.05, 3.63) is 51.7 Å². The highest BCUT2D eigenvalue weighted by Gasteiger charge is 2.28. The summed E-state index contributed by atoms with van der Waals surface area (Å²) in [7, 11) is 0. The van der Waals surface area contributed by atoms with E-state index in [1.165, 1.54) is 14.6 Å². The zero-order valence-corrected chi connectivity index (χ0v) is 16.5. The quantitative estimate of drug-likeness (QED) is 0.714. The Morgan fingerprint density at radius 1 is 1.27 bits per heavy atom. The molecule has 2 aromatic heterocycles. The molecule has 1 aromatic carbocycles. The van der Waals surface area contributed by atoms with Crippen molar-refractivity contribution in [2.75, 3.05) is 13.1 Å². The van der Waals surface area contributed by atoms with Crippen molar-refractivity contribution in [2.45, 2.75) is 38.3 Å². The fourth-order valence-electron chi connectivity index (χ4n) is 3.50. The van der Waals surface area contributed by atoms with Crippen LogP contribution < -0.4 is 5.32 Å². The predicted octanol–water partition coefficient (Wildman–Crippen LogP) is 4.24. The number of nitrogens with zero attached hydrogens (tertiary/aromatic N) is 2. The molecule has 1 amide bonds. The molecular formula is C20H23N3OS2. The molecule has 0 saturated carbocycles. The summed E-state index contributed by atoms with van der Waals surface area (Å²) in [6.45, 7) is 4.55. The van der Waals surface area contributed by atoms with Crippen molar-refractivity contribution < 1.29 is 4.79 Å². The number of likely N-dealkylation sites (tertiary alicyclic amines) is 1. The first-order valence-corrected chi connectivity index (χ1v) is 10.8. The van der Waals surface area contributed by atoms with E-state index >= 15 is 0 Å². The molecule has 1 unspecified atom stereocenters. The molecule has 1 aliphatic heterocycles. The number of benzene rings is 1. The molecule has 6 heteroatoms. The number of piperidine rings is 1. The molecule has 136 valence electrons. The van der Waals surface area contributed by atoms with Gasteiger partial charge < -0.3 is 5.32 Å². The van der Waals surface area contributed by atoms with Gasteiger partial charge in [0.2, 0.25) is 5.91 Å². The first-order chi connectivity index (χ1) is 12.7. The summed E-state index contributed by atoms with van der Waals surface area (Å²) in [5.41, 5.74) is 1.11. The van der Waals surface area contributed by atoms with Gasteiger partial charge in [-0.3, -0.25) is 9.69 Å². The second kappa shape index (κ2) is 7.86. The zero-order valence-electron chi connectivity index (χ0n) is 14.9. The molecule has 1 aliphatic rings. The van der Waals surface area contributed by atoms with E-state index < -0.39 is 0 Å². The van der Waals surface area contributed by atoms with E-state index in [0.717, 1.165) is 31.4 Å². The number of hydrogen-bond acceptors (Lipinski definition) is 5. The summed E-state index contributed by atoms with van der Waals surface area (Å²) in [5.74, 6) is 0.641. The maximum Gasteiger partial charge on any atom is 0.237 e. The number of thiophene rings is 1. The van der Waals surface area contributed by atoms with E-state index in [-0.39, 0.29) is 11.9 Å². The summed E-state index contributed by atoms with van der Waals surface area (Å²) in [4.78, 5) is 20.8. The molecule has 3 aromatic rings. The van der Waals surface area contributed by atoms with Crippen molar-refractivity contribution in [1.82, 2.24) is 15.2 Å². The normalized spacial score (nSPS) is 17.4. The summed E-state index contributed by atoms with van der Waals surface area (Å²) in [6.07, 6.45) is 2.14. The summed E-state index contributed by atoms with van der Waals surface area (Å²) >= 11 is 3.50. The Hall–Kier alpha value is -1.76. The van der Waals surface area contributed by atoms with E-state index in [2.05, 4.69) is 34.5 Å². The van der Waals surface area contributed by atoms with Gasteiger partial charge in [0.05, 0.1) is 27.8 Å². The minimum atomic E-state index is -0.0775. The highest BCUT2D eigenvalue weighted by atomic mass is 32.1. The fourth-order valence-corrected chi connectivity index (χ4v) is 5.28. The summed E-state index contributed by atoms with van der Waals surface area (Å²) in [6, 6.07) is 12.3. The Kier molecular flexibility index (Phi) is 5.33. The third-order valence-corrected chi connectivity index (χ3v) is 7.21. The summed E-state index contributed by atoms with van der Waals surface area (Å²) < 4.78 is 1.27. The van der Waals surface area contributed by atoms with Crippen LogP contribution in [-0.2, 0) is 11.3 Å². The molecule has 3 heterocycles. The number of para-hydroxylation sites is 1. The third kappa shape index (κ3) is 3.82. The number of rotatable bonds is 5. The number of carbonyl (C=O) groups excluding carboxylic acids is 1. The number of nitrogens with one attached hydrogen (secondary N) is 1. The molecule has 0 bridgehead atoms. The Bertz CT molecular complexity index is 833. The number of fused-ring (bicyclic) bond motifs is 1. The van der Waals surface area contributed by atoms with Crippen LogP contribution in [0.1, 0.15) is 35.6 Å². The smallest absolute Gasteiger partial charge is 0.237 e. The Morgan fingerprint density at radius 2 is 2.08 bits per heavy atom. The lowest BCUT2D eigenvalue weighted by atomic mass is 9.96. The predicted molar refractivity (Wildman–Crippen MR) is 109 cm³/mol. The molecule has 0 radical (unpaired) electrons. The Balaban J connectivity index is 1.31. The lowest BCUT2D eigenvalue weighted by Crippen LogP contribution is -2.47. The van der Waals surface area contributed by atoms with Crippen LogP contribution in [0.25, 0.3) is 10.2 Å². The van der Waals surface area contributed by atoms with Crippen LogP contribution in [0, 0.1) is 0 Å². The van der Waals surface area contributed by atoms with Crippen LogP contribution in [-0.4, -0.2) is 34.9 Å². The van der Waals surface area contributed by atoms with E-state index in [4.69, 9.17) is 4.98 Å². The molecule has 1 fully saturated rings. The molecule has 4 nitrogen and oxygen atoms in total. The van der Waals surface area contributed by atoms with Gasteiger partial charge in [-0.05, 0) is 56.4 Å². The first-order valence-electron chi connectivity index (χ1n) is 9.10. The average Bonchev–Trinajstić information content (AvgIpc) is 3.35. The topological polar surface area (TPSA) is 45.2 Å². The van der Waals surface area contributed by atoms with Gasteiger partial charge >= 0.3 is 0 Å². The van der Waals surface area contributed by atoms with Crippen LogP contribution >= 0.6 is 22.7 Å². The van der Waals surface area contributed by atoms with E-state index in [1.54, 1.807) is 11.3 Å². The van der Waals surface area contributed by atoms with Gasteiger partial charge in [0, 0.05) is 10.8 Å². The van der Waals surface area contributed by atoms with Gasteiger partial charge in [-0.25, -0.2) is 4.98 Å². The van der Waals surface area contributed by atoms with Gasteiger partial charge in [0.1, 0.15) is 0 Å². The standard InChI is InChI=1S/C20H23N3OS2/c1-14(19(24)21-13-16-5-4-12-25-16)23-10-8-15(9-11-23)20-22-17-6-2-3-7-18(17)26-20/h2-7,12,14-15H,8-11,13H2,1H3,(H,21,24). The monoisotopic (exact) mass is 385 g/mol. The molecule has 26 heavy (non-hydrogen) atoms. The average molecular weight is 386 g/mol. The maximum absolute atomic E-state index is 12.4. The van der Waals surface area contributed by atoms with Gasteiger partial charge in [0.15, 0.2) is 0 Å². The number of thiazole rings is 1. The number of amides is 1. The molecular weight excluding hydrogens is 362 g/mol. The van der Waals surface area contributed by atoms with Crippen LogP contribution in [0.2, 0.25) is 0 Å². The third-order valence-electron chi connectivity index (χ3n) is 5.13. The minimum absolute atomic E-state index is 0.0775. The molecule has 0 spiro atoms. The van der Waals surface area contributed by atoms with Crippen molar-refractivity contribution in [2.24, 2.45) is 0 Å². The highest BCUT2D eigenvalue weighted by molar-refractivity contribution is 7.18. The highest BCUT2D eigenvalue weighted by Crippen LogP contribution is 2.34. The number of aromatic nitrogens is 1. The first kappa shape index (κ1) is 17.6. The van der Waals surface area contributed by atoms with Gasteiger partial charge in [-0.15, -0.1) is 22.7 Å². The Morgan fingerprint density at radius 3 is 2.81 bits per heavy atom. The molecule has 0 aliphatic carbocycles. The summed E-state index contributed by atoms with van der Waals surface area (Å²) in [5, 5.41) is 6.35. The Labute approximate surface area is 161 Å². The van der Waals surface area contributed by atoms with E-state index in [0.29, 0.717) is 12.5 Å². The van der Waals surface area contributed by atoms with E-state index in [9.17, 15) is 4.79 Å². The number of carbonyl (C=O) groups is 1. The van der Waals surface area contributed by atoms with Crippen LogP contribution in [0.15, 0.2) is 41.8 Å². The minimum Gasteiger partial charge on any atom is -0.350 e. The van der Waals surface area contributed by atoms with Crippen LogP contribution in [0.4, 0.5) is 0 Å². The molecule has 1 N–H and O–H groups in total. The van der Waals surface area contributed by atoms with Crippen molar-refractivity contribution in [1.29, 1.82) is 0 Å². The van der Waals surface area contributed by atoms with Crippen molar-refractivity contribution in [3.8, 4) is 0 Å². The van der Waals surface area contributed by atoms with Gasteiger partial charge in [0.25, 0.3) is 0 Å². The van der Waals surface area contributed by atoms with Crippen LogP contribution in [0.5, 0.6) is 0 Å². The lowest BCUT2D eigenvalue weighted by Gasteiger charge is -2.34. The van der Waals surface area contributed by atoms with Gasteiger partial charge in [-0.2, -0.15) is 0 Å². The van der Waals surface area contributed by atoms with Crippen molar-refractivity contribution >= 4 is 38.8 Å². The second-order valence-corrected chi connectivity index (χ2v) is 8.90. The molecule has 1 atom stereocenters. The van der Waals surface area contributed by atoms with Crippen molar-refractivity contribution in [3.63, 3.8) is 0 Å². The second-order valence-electron chi connectivity index (χ2n) is 6.80. The molecule has 4 rings (SSSR count). The molecule has 1 saturated heterocycles. The largest absolute Gasteiger partial charge is 0.350 e. The fraction of sp³-hybridized carbons (Fsp3) is 0.400. The maximum atomic E-state index is 12.4. The SMILES string of the molecule is CC(C(=O)NCc1cccs1)N1CCC(c2nc3ccccc3s2)CC1. The van der Waals surface area contributed by atoms with Gasteiger partial charge in [-0.1, -0.05) is 18.2 Å². The van der Waals surface area contributed by atoms with Crippen LogP contribution in [0.3, 0.4) is 0 Å².